The molecule has 0 aliphatic rings. The third-order valence-electron chi connectivity index (χ3n) is 2.12. The van der Waals surface area contributed by atoms with Crippen LogP contribution in [0.3, 0.4) is 0 Å². The molecule has 1 aromatic carbocycles. The minimum atomic E-state index is -0.310. The van der Waals surface area contributed by atoms with E-state index in [1.165, 1.54) is 24.3 Å². The van der Waals surface area contributed by atoms with Crippen LogP contribution in [0, 0.1) is 5.82 Å². The first-order valence-electron chi connectivity index (χ1n) is 5.23. The smallest absolute Gasteiger partial charge is 0.164 e. The highest BCUT2D eigenvalue weighted by Crippen LogP contribution is 2.05. The molecule has 1 N–H and O–H groups in total. The summed E-state index contributed by atoms with van der Waals surface area (Å²) in [5.41, 5.74) is 0.578. The molecule has 0 aliphatic carbocycles. The molecule has 0 radical (unpaired) electrons. The summed E-state index contributed by atoms with van der Waals surface area (Å²) in [4.78, 5) is 11.6. The molecule has 0 heterocycles. The average Bonchev–Trinajstić information content (AvgIpc) is 2.25. The largest absolute Gasteiger partial charge is 0.316 e. The van der Waals surface area contributed by atoms with Crippen LogP contribution in [-0.4, -0.2) is 18.9 Å². The summed E-state index contributed by atoms with van der Waals surface area (Å²) in [6.45, 7) is 3.69. The van der Waals surface area contributed by atoms with E-state index >= 15 is 0 Å². The molecule has 0 atom stereocenters. The summed E-state index contributed by atoms with van der Waals surface area (Å²) in [6.07, 6.45) is 1.52. The van der Waals surface area contributed by atoms with Crippen LogP contribution >= 0.6 is 0 Å². The van der Waals surface area contributed by atoms with Gasteiger partial charge in [0.2, 0.25) is 0 Å². The first kappa shape index (κ1) is 11.9. The van der Waals surface area contributed by atoms with Crippen LogP contribution in [0.25, 0.3) is 0 Å². The quantitative estimate of drug-likeness (QED) is 0.575. The fraction of sp³-hybridized carbons (Fsp3) is 0.417. The van der Waals surface area contributed by atoms with E-state index in [9.17, 15) is 9.18 Å². The van der Waals surface area contributed by atoms with Crippen molar-refractivity contribution in [2.75, 3.05) is 13.1 Å². The van der Waals surface area contributed by atoms with Gasteiger partial charge in [0.1, 0.15) is 5.82 Å². The molecule has 0 aromatic heterocycles. The fourth-order valence-corrected chi connectivity index (χ4v) is 1.28. The van der Waals surface area contributed by atoms with E-state index < -0.39 is 0 Å². The van der Waals surface area contributed by atoms with Crippen molar-refractivity contribution in [3.8, 4) is 0 Å². The zero-order valence-corrected chi connectivity index (χ0v) is 8.92. The predicted octanol–water partition coefficient (Wildman–Crippen LogP) is 2.40. The number of hydrogen-bond donors (Lipinski definition) is 1. The minimum Gasteiger partial charge on any atom is -0.316 e. The number of carbonyl (C=O) groups excluding carboxylic acids is 1. The Morgan fingerprint density at radius 1 is 1.27 bits per heavy atom. The van der Waals surface area contributed by atoms with E-state index in [4.69, 9.17) is 0 Å². The van der Waals surface area contributed by atoms with Gasteiger partial charge in [-0.05, 0) is 37.2 Å². The fourth-order valence-electron chi connectivity index (χ4n) is 1.28. The lowest BCUT2D eigenvalue weighted by Gasteiger charge is -2.02. The van der Waals surface area contributed by atoms with Gasteiger partial charge in [-0.1, -0.05) is 6.92 Å². The van der Waals surface area contributed by atoms with Gasteiger partial charge in [0, 0.05) is 18.5 Å². The third kappa shape index (κ3) is 4.21. The van der Waals surface area contributed by atoms with Gasteiger partial charge in [-0.2, -0.15) is 0 Å². The van der Waals surface area contributed by atoms with Crippen LogP contribution in [0.15, 0.2) is 24.3 Å². The first-order chi connectivity index (χ1) is 7.24. The van der Waals surface area contributed by atoms with E-state index in [2.05, 4.69) is 12.2 Å². The number of benzene rings is 1. The molecule has 82 valence electrons. The van der Waals surface area contributed by atoms with Crippen molar-refractivity contribution in [1.29, 1.82) is 0 Å². The van der Waals surface area contributed by atoms with E-state index in [0.29, 0.717) is 18.5 Å². The Labute approximate surface area is 89.5 Å². The Morgan fingerprint density at radius 2 is 1.93 bits per heavy atom. The van der Waals surface area contributed by atoms with E-state index in [1.54, 1.807) is 0 Å². The molecule has 0 saturated carbocycles. The average molecular weight is 209 g/mol. The van der Waals surface area contributed by atoms with E-state index in [-0.39, 0.29) is 11.6 Å². The highest BCUT2D eigenvalue weighted by Gasteiger charge is 2.04. The Kier molecular flexibility index (Phi) is 4.98. The topological polar surface area (TPSA) is 29.1 Å². The summed E-state index contributed by atoms with van der Waals surface area (Å²) in [5, 5.41) is 3.15. The molecule has 15 heavy (non-hydrogen) atoms. The van der Waals surface area contributed by atoms with E-state index in [0.717, 1.165) is 13.0 Å². The highest BCUT2D eigenvalue weighted by atomic mass is 19.1. The number of rotatable bonds is 6. The Bertz CT molecular complexity index is 308. The molecule has 3 heteroatoms. The molecule has 0 aliphatic heterocycles. The first-order valence-corrected chi connectivity index (χ1v) is 5.23. The van der Waals surface area contributed by atoms with Gasteiger partial charge in [-0.3, -0.25) is 4.79 Å². The number of ketones is 1. The highest BCUT2D eigenvalue weighted by molar-refractivity contribution is 5.96. The second kappa shape index (κ2) is 6.30. The molecule has 0 fully saturated rings. The molecule has 0 bridgehead atoms. The molecule has 1 rings (SSSR count). The summed E-state index contributed by atoms with van der Waals surface area (Å²) < 4.78 is 12.6. The number of nitrogens with one attached hydrogen (secondary N) is 1. The summed E-state index contributed by atoms with van der Waals surface area (Å²) in [7, 11) is 0. The van der Waals surface area contributed by atoms with Crippen LogP contribution in [0.4, 0.5) is 4.39 Å². The maximum Gasteiger partial charge on any atom is 0.164 e. The lowest BCUT2D eigenvalue weighted by molar-refractivity contribution is 0.0982. The van der Waals surface area contributed by atoms with Gasteiger partial charge in [-0.15, -0.1) is 0 Å². The number of Topliss-reactive ketones (excluding diaryl/α,β-unsaturated/α-hetero) is 1. The van der Waals surface area contributed by atoms with Gasteiger partial charge >= 0.3 is 0 Å². The predicted molar refractivity (Wildman–Crippen MR) is 58.5 cm³/mol. The zero-order valence-electron chi connectivity index (χ0n) is 8.92. The number of halogens is 1. The molecular weight excluding hydrogens is 193 g/mol. The monoisotopic (exact) mass is 209 g/mol. The zero-order chi connectivity index (χ0) is 11.1. The number of carbonyl (C=O) groups is 1. The van der Waals surface area contributed by atoms with Gasteiger partial charge in [0.15, 0.2) is 5.78 Å². The van der Waals surface area contributed by atoms with Crippen molar-refractivity contribution in [2.24, 2.45) is 0 Å². The molecule has 2 nitrogen and oxygen atoms in total. The molecule has 1 aromatic rings. The number of hydrogen-bond acceptors (Lipinski definition) is 2. The van der Waals surface area contributed by atoms with Crippen LogP contribution in [-0.2, 0) is 0 Å². The molecular formula is C12H16FNO. The van der Waals surface area contributed by atoms with Crippen LogP contribution < -0.4 is 5.32 Å². The van der Waals surface area contributed by atoms with Crippen molar-refractivity contribution in [1.82, 2.24) is 5.32 Å². The molecule has 0 spiro atoms. The Hall–Kier alpha value is -1.22. The van der Waals surface area contributed by atoms with Crippen molar-refractivity contribution in [2.45, 2.75) is 19.8 Å². The molecule has 0 unspecified atom stereocenters. The molecule has 0 amide bonds. The summed E-state index contributed by atoms with van der Waals surface area (Å²) >= 11 is 0. The minimum absolute atomic E-state index is 0.0543. The van der Waals surface area contributed by atoms with Crippen molar-refractivity contribution in [3.63, 3.8) is 0 Å². The van der Waals surface area contributed by atoms with Gasteiger partial charge < -0.3 is 5.32 Å². The third-order valence-corrected chi connectivity index (χ3v) is 2.12. The van der Waals surface area contributed by atoms with Crippen LogP contribution in [0.1, 0.15) is 30.1 Å². The maximum atomic E-state index is 12.6. The van der Waals surface area contributed by atoms with Crippen molar-refractivity contribution < 1.29 is 9.18 Å². The molecule has 0 saturated heterocycles. The summed E-state index contributed by atoms with van der Waals surface area (Å²) in [5.74, 6) is -0.255. The van der Waals surface area contributed by atoms with Gasteiger partial charge in [-0.25, -0.2) is 4.39 Å². The second-order valence-electron chi connectivity index (χ2n) is 3.43. The van der Waals surface area contributed by atoms with Crippen LogP contribution in [0.2, 0.25) is 0 Å². The van der Waals surface area contributed by atoms with Gasteiger partial charge in [0.05, 0.1) is 0 Å². The maximum absolute atomic E-state index is 12.6. The van der Waals surface area contributed by atoms with Crippen LogP contribution in [0.5, 0.6) is 0 Å². The van der Waals surface area contributed by atoms with Crippen molar-refractivity contribution >= 4 is 5.78 Å². The van der Waals surface area contributed by atoms with Crippen molar-refractivity contribution in [3.05, 3.63) is 35.6 Å². The SMILES string of the molecule is CCCNCCC(=O)c1ccc(F)cc1. The Balaban J connectivity index is 2.37. The standard InChI is InChI=1S/C12H16FNO/c1-2-8-14-9-7-12(15)10-3-5-11(13)6-4-10/h3-6,14H,2,7-9H2,1H3. The van der Waals surface area contributed by atoms with Gasteiger partial charge in [0.25, 0.3) is 0 Å². The normalized spacial score (nSPS) is 10.3. The lowest BCUT2D eigenvalue weighted by atomic mass is 10.1. The van der Waals surface area contributed by atoms with E-state index in [1.807, 2.05) is 0 Å². The second-order valence-corrected chi connectivity index (χ2v) is 3.43. The lowest BCUT2D eigenvalue weighted by Crippen LogP contribution is -2.18. The summed E-state index contributed by atoms with van der Waals surface area (Å²) in [6, 6.07) is 5.67. The Morgan fingerprint density at radius 3 is 2.53 bits per heavy atom.